The van der Waals surface area contributed by atoms with Crippen LogP contribution in [0.3, 0.4) is 0 Å². The van der Waals surface area contributed by atoms with Crippen molar-refractivity contribution in [3.8, 4) is 0 Å². The molecule has 9 nitrogen and oxygen atoms in total. The summed E-state index contributed by atoms with van der Waals surface area (Å²) in [5, 5.41) is 6.14. The highest BCUT2D eigenvalue weighted by atomic mass is 35.5. The normalized spacial score (nSPS) is 15.1. The summed E-state index contributed by atoms with van der Waals surface area (Å²) in [6, 6.07) is 9.35. The van der Waals surface area contributed by atoms with E-state index in [1.807, 2.05) is 18.7 Å². The van der Waals surface area contributed by atoms with Gasteiger partial charge in [-0.15, -0.1) is 0 Å². The van der Waals surface area contributed by atoms with Gasteiger partial charge in [0.05, 0.1) is 11.0 Å². The number of nitrogens with one attached hydrogen (secondary N) is 3. The minimum Gasteiger partial charge on any atom is -0.352 e. The number of benzene rings is 2. The standard InChI is InChI=1S/C25H29ClN6O3/c1-3-10-25(31-24(27)35,23-28-19-9-7-17(26)14-20(19)29-23)30-21(33)16-6-8-18(15(2)13-16)22(34)32-11-4-5-12-32/h6-9,13-14H,3-5,10-12H2,1-2H3,(H,28,29)(H,30,33)(H3,27,31,35)/t25-/m0/s1. The lowest BCUT2D eigenvalue weighted by Gasteiger charge is -2.33. The molecule has 2 heterocycles. The van der Waals surface area contributed by atoms with Crippen molar-refractivity contribution in [2.45, 2.75) is 45.2 Å². The average Bonchev–Trinajstić information content (AvgIpc) is 3.48. The largest absolute Gasteiger partial charge is 0.352 e. The number of aryl methyl sites for hydroxylation is 1. The third-order valence-electron chi connectivity index (χ3n) is 6.25. The number of halogens is 1. The molecule has 2 aromatic carbocycles. The minimum absolute atomic E-state index is 0.0244. The molecule has 1 aliphatic heterocycles. The fourth-order valence-corrected chi connectivity index (χ4v) is 4.74. The topological polar surface area (TPSA) is 133 Å². The Morgan fingerprint density at radius 2 is 1.89 bits per heavy atom. The maximum atomic E-state index is 13.4. The van der Waals surface area contributed by atoms with E-state index in [1.165, 1.54) is 0 Å². The number of nitrogens with zero attached hydrogens (tertiary/aromatic N) is 2. The van der Waals surface area contributed by atoms with Crippen LogP contribution >= 0.6 is 11.6 Å². The quantitative estimate of drug-likeness (QED) is 0.370. The number of aromatic amines is 1. The third-order valence-corrected chi connectivity index (χ3v) is 6.48. The summed E-state index contributed by atoms with van der Waals surface area (Å²) < 4.78 is 0. The van der Waals surface area contributed by atoms with Crippen molar-refractivity contribution in [2.75, 3.05) is 13.1 Å². The number of amides is 4. The Morgan fingerprint density at radius 1 is 1.14 bits per heavy atom. The number of H-pyrrole nitrogens is 1. The third kappa shape index (κ3) is 5.09. The number of likely N-dealkylation sites (tertiary alicyclic amines) is 1. The molecule has 3 aromatic rings. The van der Waals surface area contributed by atoms with Gasteiger partial charge < -0.3 is 26.3 Å². The zero-order valence-electron chi connectivity index (χ0n) is 19.8. The van der Waals surface area contributed by atoms with E-state index in [2.05, 4.69) is 20.6 Å². The van der Waals surface area contributed by atoms with E-state index in [9.17, 15) is 14.4 Å². The summed E-state index contributed by atoms with van der Waals surface area (Å²) in [5.74, 6) is -0.126. The van der Waals surface area contributed by atoms with Gasteiger partial charge in [-0.2, -0.15) is 0 Å². The number of rotatable bonds is 7. The number of carbonyl (C=O) groups is 3. The van der Waals surface area contributed by atoms with Gasteiger partial charge in [-0.25, -0.2) is 9.78 Å². The summed E-state index contributed by atoms with van der Waals surface area (Å²) >= 11 is 6.11. The summed E-state index contributed by atoms with van der Waals surface area (Å²) in [5.41, 5.74) is 7.06. The number of hydrogen-bond donors (Lipinski definition) is 4. The second kappa shape index (κ2) is 9.95. The van der Waals surface area contributed by atoms with Crippen LogP contribution in [0.2, 0.25) is 5.02 Å². The average molecular weight is 497 g/mol. The van der Waals surface area contributed by atoms with Crippen molar-refractivity contribution < 1.29 is 14.4 Å². The van der Waals surface area contributed by atoms with Gasteiger partial charge in [0.1, 0.15) is 0 Å². The number of carbonyl (C=O) groups excluding carboxylic acids is 3. The van der Waals surface area contributed by atoms with E-state index < -0.39 is 17.6 Å². The van der Waals surface area contributed by atoms with Gasteiger partial charge in [0.15, 0.2) is 11.5 Å². The highest BCUT2D eigenvalue weighted by molar-refractivity contribution is 6.31. The molecule has 10 heteroatoms. The number of hydrogen-bond acceptors (Lipinski definition) is 4. The van der Waals surface area contributed by atoms with Crippen molar-refractivity contribution in [3.05, 3.63) is 63.9 Å². The first kappa shape index (κ1) is 24.5. The summed E-state index contributed by atoms with van der Waals surface area (Å²) in [6.45, 7) is 5.24. The maximum absolute atomic E-state index is 13.4. The maximum Gasteiger partial charge on any atom is 0.314 e. The number of fused-ring (bicyclic) bond motifs is 1. The Bertz CT molecular complexity index is 1280. The van der Waals surface area contributed by atoms with E-state index in [1.54, 1.807) is 36.4 Å². The minimum atomic E-state index is -1.37. The molecule has 1 aliphatic rings. The lowest BCUT2D eigenvalue weighted by Crippen LogP contribution is -2.59. The number of aromatic nitrogens is 2. The summed E-state index contributed by atoms with van der Waals surface area (Å²) in [4.78, 5) is 47.8. The molecule has 0 bridgehead atoms. The lowest BCUT2D eigenvalue weighted by molar-refractivity contribution is 0.0789. The predicted octanol–water partition coefficient (Wildman–Crippen LogP) is 3.81. The Labute approximate surface area is 208 Å². The number of primary amides is 1. The van der Waals surface area contributed by atoms with Gasteiger partial charge >= 0.3 is 6.03 Å². The molecule has 4 rings (SSSR count). The van der Waals surface area contributed by atoms with Gasteiger partial charge in [0.25, 0.3) is 11.8 Å². The Balaban J connectivity index is 1.66. The molecule has 0 spiro atoms. The smallest absolute Gasteiger partial charge is 0.314 e. The van der Waals surface area contributed by atoms with E-state index in [4.69, 9.17) is 17.3 Å². The van der Waals surface area contributed by atoms with Crippen LogP contribution in [0.4, 0.5) is 4.79 Å². The van der Waals surface area contributed by atoms with Gasteiger partial charge in [-0.1, -0.05) is 24.9 Å². The molecule has 0 saturated carbocycles. The van der Waals surface area contributed by atoms with E-state index in [0.29, 0.717) is 51.4 Å². The van der Waals surface area contributed by atoms with Crippen molar-refractivity contribution in [2.24, 2.45) is 5.73 Å². The van der Waals surface area contributed by atoms with Crippen molar-refractivity contribution >= 4 is 40.5 Å². The van der Waals surface area contributed by atoms with Crippen LogP contribution in [0.5, 0.6) is 0 Å². The zero-order valence-corrected chi connectivity index (χ0v) is 20.5. The fraction of sp³-hybridized carbons (Fsp3) is 0.360. The van der Waals surface area contributed by atoms with Crippen LogP contribution in [0, 0.1) is 6.92 Å². The summed E-state index contributed by atoms with van der Waals surface area (Å²) in [7, 11) is 0. The lowest BCUT2D eigenvalue weighted by atomic mass is 10.00. The molecular formula is C25H29ClN6O3. The van der Waals surface area contributed by atoms with Gasteiger partial charge in [0.2, 0.25) is 0 Å². The van der Waals surface area contributed by atoms with Gasteiger partial charge in [-0.3, -0.25) is 9.59 Å². The molecule has 1 fully saturated rings. The molecule has 0 radical (unpaired) electrons. The van der Waals surface area contributed by atoms with E-state index in [-0.39, 0.29) is 5.91 Å². The second-order valence-electron chi connectivity index (χ2n) is 8.87. The molecule has 4 amide bonds. The fourth-order valence-electron chi connectivity index (χ4n) is 4.56. The predicted molar refractivity (Wildman–Crippen MR) is 134 cm³/mol. The second-order valence-corrected chi connectivity index (χ2v) is 9.31. The van der Waals surface area contributed by atoms with Crippen LogP contribution in [0.25, 0.3) is 11.0 Å². The first-order valence-electron chi connectivity index (χ1n) is 11.7. The zero-order chi connectivity index (χ0) is 25.2. The number of urea groups is 1. The molecule has 0 unspecified atom stereocenters. The van der Waals surface area contributed by atoms with Crippen molar-refractivity contribution in [1.29, 1.82) is 0 Å². The highest BCUT2D eigenvalue weighted by Gasteiger charge is 2.38. The Morgan fingerprint density at radius 3 is 2.54 bits per heavy atom. The summed E-state index contributed by atoms with van der Waals surface area (Å²) in [6.07, 6.45) is 2.96. The van der Waals surface area contributed by atoms with Crippen molar-refractivity contribution in [3.63, 3.8) is 0 Å². The number of nitrogens with two attached hydrogens (primary N) is 1. The first-order chi connectivity index (χ1) is 16.7. The molecule has 184 valence electrons. The van der Waals surface area contributed by atoms with Crippen LogP contribution in [0.15, 0.2) is 36.4 Å². The number of imidazole rings is 1. The monoisotopic (exact) mass is 496 g/mol. The first-order valence-corrected chi connectivity index (χ1v) is 12.1. The molecule has 0 aliphatic carbocycles. The van der Waals surface area contributed by atoms with Gasteiger partial charge in [0, 0.05) is 29.2 Å². The molecule has 35 heavy (non-hydrogen) atoms. The molecule has 1 saturated heterocycles. The van der Waals surface area contributed by atoms with Gasteiger partial charge in [-0.05, 0) is 68.1 Å². The van der Waals surface area contributed by atoms with E-state index >= 15 is 0 Å². The molecule has 1 atom stereocenters. The molecule has 5 N–H and O–H groups in total. The van der Waals surface area contributed by atoms with Crippen molar-refractivity contribution in [1.82, 2.24) is 25.5 Å². The van der Waals surface area contributed by atoms with E-state index in [0.717, 1.165) is 25.9 Å². The van der Waals surface area contributed by atoms with Crippen LogP contribution in [-0.4, -0.2) is 45.8 Å². The van der Waals surface area contributed by atoms with Crippen LogP contribution < -0.4 is 16.4 Å². The van der Waals surface area contributed by atoms with Crippen LogP contribution in [0.1, 0.15) is 64.7 Å². The van der Waals surface area contributed by atoms with Crippen LogP contribution in [-0.2, 0) is 5.66 Å². The Kier molecular flexibility index (Phi) is 6.98. The molecular weight excluding hydrogens is 468 g/mol. The SMILES string of the molecule is CCC[C@@](NC(N)=O)(NC(=O)c1ccc(C(=O)N2CCCC2)c(C)c1)c1nc2ccc(Cl)cc2[nH]1. The highest BCUT2D eigenvalue weighted by Crippen LogP contribution is 2.27. The molecule has 1 aromatic heterocycles. The Hall–Kier alpha value is -3.59.